The largest absolute Gasteiger partial charge is 0.332 e. The number of thiocarbonyl (C=S) groups is 1. The van der Waals surface area contributed by atoms with Gasteiger partial charge in [0.15, 0.2) is 5.11 Å². The summed E-state index contributed by atoms with van der Waals surface area (Å²) in [7, 11) is 0. The van der Waals surface area contributed by atoms with Crippen LogP contribution in [-0.4, -0.2) is 16.9 Å². The van der Waals surface area contributed by atoms with Crippen molar-refractivity contribution in [2.45, 2.75) is 13.3 Å². The maximum absolute atomic E-state index is 12.2. The quantitative estimate of drug-likeness (QED) is 0.556. The summed E-state index contributed by atoms with van der Waals surface area (Å²) in [5.41, 5.74) is 3.86. The molecule has 0 aliphatic carbocycles. The van der Waals surface area contributed by atoms with Gasteiger partial charge in [-0.1, -0.05) is 54.1 Å². The highest BCUT2D eigenvalue weighted by Crippen LogP contribution is 2.16. The Balaban J connectivity index is 1.56. The number of rotatable bonds is 5. The molecule has 0 aromatic heterocycles. The van der Waals surface area contributed by atoms with E-state index in [-0.39, 0.29) is 16.9 Å². The normalized spacial score (nSPS) is 10.1. The first-order chi connectivity index (χ1) is 14.0. The third-order valence-corrected chi connectivity index (χ3v) is 4.36. The van der Waals surface area contributed by atoms with E-state index in [0.29, 0.717) is 23.4 Å². The van der Waals surface area contributed by atoms with Crippen molar-refractivity contribution in [3.05, 3.63) is 95.6 Å². The second-order valence-corrected chi connectivity index (χ2v) is 6.97. The second-order valence-electron chi connectivity index (χ2n) is 6.57. The molecule has 5 nitrogen and oxygen atoms in total. The lowest BCUT2D eigenvalue weighted by molar-refractivity contribution is -0.115. The molecule has 0 saturated heterocycles. The topological polar surface area (TPSA) is 70.2 Å². The summed E-state index contributed by atoms with van der Waals surface area (Å²) < 4.78 is 0. The fourth-order valence-electron chi connectivity index (χ4n) is 2.70. The van der Waals surface area contributed by atoms with E-state index in [1.165, 1.54) is 0 Å². The van der Waals surface area contributed by atoms with Gasteiger partial charge in [-0.05, 0) is 55.0 Å². The molecule has 0 saturated carbocycles. The van der Waals surface area contributed by atoms with Crippen LogP contribution < -0.4 is 16.0 Å². The smallest absolute Gasteiger partial charge is 0.257 e. The maximum atomic E-state index is 12.2. The van der Waals surface area contributed by atoms with E-state index in [1.54, 1.807) is 36.4 Å². The van der Waals surface area contributed by atoms with Crippen LogP contribution in [0.4, 0.5) is 11.4 Å². The third-order valence-electron chi connectivity index (χ3n) is 4.15. The standard InChI is InChI=1S/C23H21N3O2S/c1-16-10-12-18(13-11-16)22(28)26-23(29)25-20-9-5-8-19(15-20)24-21(27)14-17-6-3-2-4-7-17/h2-13,15H,14H2,1H3,(H,24,27)(H2,25,26,28,29). The summed E-state index contributed by atoms with van der Waals surface area (Å²) in [6.07, 6.45) is 0.295. The molecule has 0 atom stereocenters. The number of carbonyl (C=O) groups excluding carboxylic acids is 2. The molecule has 0 bridgehead atoms. The summed E-state index contributed by atoms with van der Waals surface area (Å²) in [6.45, 7) is 1.96. The summed E-state index contributed by atoms with van der Waals surface area (Å²) in [6, 6.07) is 23.9. The van der Waals surface area contributed by atoms with Gasteiger partial charge in [0.1, 0.15) is 0 Å². The number of carbonyl (C=O) groups is 2. The molecule has 0 spiro atoms. The predicted molar refractivity (Wildman–Crippen MR) is 120 cm³/mol. The lowest BCUT2D eigenvalue weighted by atomic mass is 10.1. The fraction of sp³-hybridized carbons (Fsp3) is 0.0870. The molecular weight excluding hydrogens is 382 g/mol. The van der Waals surface area contributed by atoms with Gasteiger partial charge < -0.3 is 10.6 Å². The van der Waals surface area contributed by atoms with Gasteiger partial charge in [-0.25, -0.2) is 0 Å². The number of benzene rings is 3. The van der Waals surface area contributed by atoms with E-state index in [9.17, 15) is 9.59 Å². The number of hydrogen-bond donors (Lipinski definition) is 3. The van der Waals surface area contributed by atoms with E-state index in [2.05, 4.69) is 16.0 Å². The molecule has 6 heteroatoms. The minimum atomic E-state index is -0.283. The molecule has 0 heterocycles. The summed E-state index contributed by atoms with van der Waals surface area (Å²) in [5.74, 6) is -0.390. The van der Waals surface area contributed by atoms with Gasteiger partial charge in [0, 0.05) is 16.9 Å². The zero-order valence-electron chi connectivity index (χ0n) is 15.9. The highest BCUT2D eigenvalue weighted by Gasteiger charge is 2.09. The van der Waals surface area contributed by atoms with Crippen molar-refractivity contribution in [2.75, 3.05) is 10.6 Å². The third kappa shape index (κ3) is 6.26. The Hall–Kier alpha value is -3.51. The molecule has 0 radical (unpaired) electrons. The first kappa shape index (κ1) is 20.2. The number of hydrogen-bond acceptors (Lipinski definition) is 3. The molecule has 146 valence electrons. The van der Waals surface area contributed by atoms with E-state index < -0.39 is 0 Å². The van der Waals surface area contributed by atoms with Crippen molar-refractivity contribution in [1.29, 1.82) is 0 Å². The van der Waals surface area contributed by atoms with Crippen LogP contribution in [-0.2, 0) is 11.2 Å². The van der Waals surface area contributed by atoms with Crippen LogP contribution in [0.3, 0.4) is 0 Å². The van der Waals surface area contributed by atoms with E-state index >= 15 is 0 Å². The Bertz CT molecular complexity index is 1020. The molecule has 0 unspecified atom stereocenters. The Morgan fingerprint density at radius 1 is 0.828 bits per heavy atom. The van der Waals surface area contributed by atoms with Crippen molar-refractivity contribution in [2.24, 2.45) is 0 Å². The van der Waals surface area contributed by atoms with Crippen molar-refractivity contribution in [1.82, 2.24) is 5.32 Å². The summed E-state index contributed by atoms with van der Waals surface area (Å²) >= 11 is 5.23. The van der Waals surface area contributed by atoms with Crippen LogP contribution in [0.2, 0.25) is 0 Å². The average molecular weight is 404 g/mol. The molecular formula is C23H21N3O2S. The molecule has 3 aromatic rings. The van der Waals surface area contributed by atoms with Crippen molar-refractivity contribution in [3.8, 4) is 0 Å². The van der Waals surface area contributed by atoms with Crippen LogP contribution in [0.25, 0.3) is 0 Å². The van der Waals surface area contributed by atoms with Crippen molar-refractivity contribution in [3.63, 3.8) is 0 Å². The highest BCUT2D eigenvalue weighted by atomic mass is 32.1. The fourth-order valence-corrected chi connectivity index (χ4v) is 2.91. The van der Waals surface area contributed by atoms with E-state index in [4.69, 9.17) is 12.2 Å². The van der Waals surface area contributed by atoms with Crippen LogP contribution in [0.1, 0.15) is 21.5 Å². The van der Waals surface area contributed by atoms with Gasteiger partial charge >= 0.3 is 0 Å². The highest BCUT2D eigenvalue weighted by molar-refractivity contribution is 7.80. The van der Waals surface area contributed by atoms with Gasteiger partial charge in [-0.3, -0.25) is 14.9 Å². The van der Waals surface area contributed by atoms with Gasteiger partial charge in [0.25, 0.3) is 5.91 Å². The van der Waals surface area contributed by atoms with Gasteiger partial charge in [-0.15, -0.1) is 0 Å². The Kier molecular flexibility index (Phi) is 6.71. The number of aryl methyl sites for hydroxylation is 1. The molecule has 3 N–H and O–H groups in total. The minimum Gasteiger partial charge on any atom is -0.332 e. The van der Waals surface area contributed by atoms with E-state index in [1.807, 2.05) is 49.4 Å². The van der Waals surface area contributed by atoms with Gasteiger partial charge in [-0.2, -0.15) is 0 Å². The molecule has 0 fully saturated rings. The minimum absolute atomic E-state index is 0.108. The molecule has 0 aliphatic heterocycles. The lowest BCUT2D eigenvalue weighted by Crippen LogP contribution is -2.34. The SMILES string of the molecule is Cc1ccc(C(=O)NC(=S)Nc2cccc(NC(=O)Cc3ccccc3)c2)cc1. The van der Waals surface area contributed by atoms with Crippen LogP contribution >= 0.6 is 12.2 Å². The number of nitrogens with one attached hydrogen (secondary N) is 3. The van der Waals surface area contributed by atoms with Crippen molar-refractivity contribution >= 4 is 40.5 Å². The zero-order valence-corrected chi connectivity index (χ0v) is 16.8. The molecule has 3 aromatic carbocycles. The maximum Gasteiger partial charge on any atom is 0.257 e. The zero-order chi connectivity index (χ0) is 20.6. The second kappa shape index (κ2) is 9.61. The summed E-state index contributed by atoms with van der Waals surface area (Å²) in [4.78, 5) is 24.5. The van der Waals surface area contributed by atoms with Crippen molar-refractivity contribution < 1.29 is 9.59 Å². The average Bonchev–Trinajstić information content (AvgIpc) is 2.69. The first-order valence-corrected chi connectivity index (χ1v) is 9.53. The lowest BCUT2D eigenvalue weighted by Gasteiger charge is -2.11. The Labute approximate surface area is 175 Å². The molecule has 3 rings (SSSR count). The summed E-state index contributed by atoms with van der Waals surface area (Å²) in [5, 5.41) is 8.67. The molecule has 2 amide bonds. The van der Waals surface area contributed by atoms with Crippen LogP contribution in [0.5, 0.6) is 0 Å². The Morgan fingerprint density at radius 3 is 2.17 bits per heavy atom. The first-order valence-electron chi connectivity index (χ1n) is 9.12. The van der Waals surface area contributed by atoms with Crippen LogP contribution in [0, 0.1) is 6.92 Å². The van der Waals surface area contributed by atoms with E-state index in [0.717, 1.165) is 11.1 Å². The van der Waals surface area contributed by atoms with Gasteiger partial charge in [0.2, 0.25) is 5.91 Å². The monoisotopic (exact) mass is 403 g/mol. The predicted octanol–water partition coefficient (Wildman–Crippen LogP) is 4.30. The van der Waals surface area contributed by atoms with Gasteiger partial charge in [0.05, 0.1) is 6.42 Å². The Morgan fingerprint density at radius 2 is 1.48 bits per heavy atom. The number of anilines is 2. The van der Waals surface area contributed by atoms with Crippen LogP contribution in [0.15, 0.2) is 78.9 Å². The molecule has 0 aliphatic rings. The molecule has 29 heavy (non-hydrogen) atoms. The number of amides is 2.